The second kappa shape index (κ2) is 13.3. The molecule has 0 N–H and O–H groups in total. The minimum absolute atomic E-state index is 0.725. The van der Waals surface area contributed by atoms with Gasteiger partial charge in [-0.1, -0.05) is 103 Å². The molecule has 4 aromatic carbocycles. The van der Waals surface area contributed by atoms with Gasteiger partial charge in [-0.25, -0.2) is 9.97 Å². The standard InChI is InChI=1S/C36H42Br2N2/c1-5-9-11-23(7-3)19-25-13-15-27-28-16-14-26(20-24(8-4)12-10-6-2)22-30(28)34-33(29(27)21-25)39-35-31(37)17-18-32(38)36(35)40-34/h13-18,21-24H,5-12,19-20H2,1-4H3. The van der Waals surface area contributed by atoms with Gasteiger partial charge in [0.05, 0.1) is 11.0 Å². The Kier molecular flexibility index (Phi) is 9.79. The molecule has 40 heavy (non-hydrogen) atoms. The van der Waals surface area contributed by atoms with Crippen molar-refractivity contribution in [2.75, 3.05) is 0 Å². The lowest BCUT2D eigenvalue weighted by atomic mass is 9.88. The molecule has 0 saturated heterocycles. The summed E-state index contributed by atoms with van der Waals surface area (Å²) in [7, 11) is 0. The largest absolute Gasteiger partial charge is 0.243 e. The van der Waals surface area contributed by atoms with Crippen LogP contribution in [0, 0.1) is 11.8 Å². The summed E-state index contributed by atoms with van der Waals surface area (Å²) in [6.07, 6.45) is 12.4. The van der Waals surface area contributed by atoms with Crippen LogP contribution >= 0.6 is 31.9 Å². The molecule has 1 heterocycles. The predicted octanol–water partition coefficient (Wildman–Crippen LogP) is 12.1. The van der Waals surface area contributed by atoms with Gasteiger partial charge in [-0.05, 0) is 103 Å². The molecular formula is C36H42Br2N2. The molecule has 0 aliphatic rings. The van der Waals surface area contributed by atoms with E-state index in [1.165, 1.54) is 84.0 Å². The number of fused-ring (bicyclic) bond motifs is 7. The fourth-order valence-electron chi connectivity index (χ4n) is 6.30. The van der Waals surface area contributed by atoms with Crippen LogP contribution in [0.2, 0.25) is 0 Å². The number of halogens is 2. The Morgan fingerprint density at radius 2 is 0.975 bits per heavy atom. The summed E-state index contributed by atoms with van der Waals surface area (Å²) < 4.78 is 1.95. The van der Waals surface area contributed by atoms with Crippen LogP contribution in [0.25, 0.3) is 43.6 Å². The summed E-state index contributed by atoms with van der Waals surface area (Å²) in [5.41, 5.74) is 6.64. The van der Waals surface area contributed by atoms with Crippen molar-refractivity contribution in [3.05, 3.63) is 68.6 Å². The number of aromatic nitrogens is 2. The van der Waals surface area contributed by atoms with E-state index < -0.39 is 0 Å². The van der Waals surface area contributed by atoms with Gasteiger partial charge in [0.15, 0.2) is 0 Å². The number of hydrogen-bond donors (Lipinski definition) is 0. The van der Waals surface area contributed by atoms with Gasteiger partial charge in [-0.3, -0.25) is 0 Å². The van der Waals surface area contributed by atoms with E-state index in [4.69, 9.17) is 9.97 Å². The molecule has 0 radical (unpaired) electrons. The molecule has 0 spiro atoms. The van der Waals surface area contributed by atoms with Crippen molar-refractivity contribution < 1.29 is 0 Å². The molecule has 0 aliphatic heterocycles. The van der Waals surface area contributed by atoms with E-state index >= 15 is 0 Å². The smallest absolute Gasteiger partial charge is 0.105 e. The topological polar surface area (TPSA) is 25.8 Å². The Balaban J connectivity index is 1.73. The first kappa shape index (κ1) is 29.5. The molecule has 2 nitrogen and oxygen atoms in total. The van der Waals surface area contributed by atoms with Gasteiger partial charge in [0.1, 0.15) is 11.0 Å². The lowest BCUT2D eigenvalue weighted by Crippen LogP contribution is -2.04. The third-order valence-electron chi connectivity index (χ3n) is 8.83. The van der Waals surface area contributed by atoms with Crippen LogP contribution in [-0.4, -0.2) is 9.97 Å². The van der Waals surface area contributed by atoms with E-state index in [0.717, 1.165) is 55.7 Å². The van der Waals surface area contributed by atoms with E-state index in [1.807, 2.05) is 0 Å². The van der Waals surface area contributed by atoms with Crippen LogP contribution < -0.4 is 0 Å². The summed E-state index contributed by atoms with van der Waals surface area (Å²) in [6.45, 7) is 9.25. The zero-order chi connectivity index (χ0) is 28.2. The quantitative estimate of drug-likeness (QED) is 0.0982. The Morgan fingerprint density at radius 1 is 0.550 bits per heavy atom. The molecule has 0 saturated carbocycles. The number of unbranched alkanes of at least 4 members (excludes halogenated alkanes) is 2. The number of rotatable bonds is 12. The maximum absolute atomic E-state index is 5.31. The van der Waals surface area contributed by atoms with Gasteiger partial charge in [0, 0.05) is 19.7 Å². The molecule has 0 fully saturated rings. The molecule has 0 bridgehead atoms. The molecule has 2 atom stereocenters. The van der Waals surface area contributed by atoms with Crippen molar-refractivity contribution in [2.24, 2.45) is 11.8 Å². The summed E-state index contributed by atoms with van der Waals surface area (Å²) >= 11 is 7.51. The highest BCUT2D eigenvalue weighted by Gasteiger charge is 2.17. The van der Waals surface area contributed by atoms with Crippen LogP contribution in [0.3, 0.4) is 0 Å². The van der Waals surface area contributed by atoms with Crippen LogP contribution in [0.15, 0.2) is 57.5 Å². The van der Waals surface area contributed by atoms with Gasteiger partial charge in [0.25, 0.3) is 0 Å². The average molecular weight is 663 g/mol. The van der Waals surface area contributed by atoms with Crippen LogP contribution in [-0.2, 0) is 12.8 Å². The highest BCUT2D eigenvalue weighted by Crippen LogP contribution is 2.38. The van der Waals surface area contributed by atoms with E-state index in [1.54, 1.807) is 0 Å². The van der Waals surface area contributed by atoms with Gasteiger partial charge >= 0.3 is 0 Å². The van der Waals surface area contributed by atoms with Crippen molar-refractivity contribution in [2.45, 2.75) is 91.9 Å². The molecule has 0 amide bonds. The van der Waals surface area contributed by atoms with E-state index in [-0.39, 0.29) is 0 Å². The van der Waals surface area contributed by atoms with Crippen molar-refractivity contribution in [1.82, 2.24) is 9.97 Å². The van der Waals surface area contributed by atoms with E-state index in [2.05, 4.69) is 108 Å². The van der Waals surface area contributed by atoms with Gasteiger partial charge in [0.2, 0.25) is 0 Å². The fraction of sp³-hybridized carbons (Fsp3) is 0.444. The first-order valence-electron chi connectivity index (χ1n) is 15.4. The van der Waals surface area contributed by atoms with Crippen molar-refractivity contribution in [1.29, 1.82) is 0 Å². The molecule has 2 unspecified atom stereocenters. The maximum atomic E-state index is 5.31. The normalized spacial score (nSPS) is 13.6. The van der Waals surface area contributed by atoms with Crippen LogP contribution in [0.4, 0.5) is 0 Å². The third kappa shape index (κ3) is 6.09. The van der Waals surface area contributed by atoms with E-state index in [0.29, 0.717) is 0 Å². The average Bonchev–Trinajstić information content (AvgIpc) is 2.98. The number of benzene rings is 4. The summed E-state index contributed by atoms with van der Waals surface area (Å²) in [4.78, 5) is 10.6. The predicted molar refractivity (Wildman–Crippen MR) is 181 cm³/mol. The first-order chi connectivity index (χ1) is 19.5. The monoisotopic (exact) mass is 660 g/mol. The Bertz CT molecular complexity index is 1520. The minimum atomic E-state index is 0.725. The highest BCUT2D eigenvalue weighted by atomic mass is 79.9. The van der Waals surface area contributed by atoms with Gasteiger partial charge in [-0.15, -0.1) is 0 Å². The molecule has 0 aliphatic carbocycles. The lowest BCUT2D eigenvalue weighted by Gasteiger charge is -2.18. The van der Waals surface area contributed by atoms with Gasteiger partial charge in [-0.2, -0.15) is 0 Å². The maximum Gasteiger partial charge on any atom is 0.105 e. The van der Waals surface area contributed by atoms with Crippen molar-refractivity contribution >= 4 is 75.5 Å². The summed E-state index contributed by atoms with van der Waals surface area (Å²) in [5.74, 6) is 1.45. The Labute approximate surface area is 256 Å². The molecule has 5 rings (SSSR count). The fourth-order valence-corrected chi connectivity index (χ4v) is 7.12. The van der Waals surface area contributed by atoms with Crippen molar-refractivity contribution in [3.8, 4) is 0 Å². The second-order valence-corrected chi connectivity index (χ2v) is 13.4. The lowest BCUT2D eigenvalue weighted by molar-refractivity contribution is 0.449. The Hall–Kier alpha value is -2.04. The van der Waals surface area contributed by atoms with Crippen LogP contribution in [0.1, 0.15) is 90.2 Å². The molecule has 210 valence electrons. The third-order valence-corrected chi connectivity index (χ3v) is 10.1. The highest BCUT2D eigenvalue weighted by molar-refractivity contribution is 9.11. The van der Waals surface area contributed by atoms with E-state index in [9.17, 15) is 0 Å². The Morgan fingerprint density at radius 3 is 1.35 bits per heavy atom. The summed E-state index contributed by atoms with van der Waals surface area (Å²) in [6, 6.07) is 18.3. The van der Waals surface area contributed by atoms with Crippen molar-refractivity contribution in [3.63, 3.8) is 0 Å². The molecular weight excluding hydrogens is 620 g/mol. The molecule has 1 aromatic heterocycles. The zero-order valence-corrected chi connectivity index (χ0v) is 27.7. The van der Waals surface area contributed by atoms with Gasteiger partial charge < -0.3 is 0 Å². The summed E-state index contributed by atoms with van der Waals surface area (Å²) in [5, 5.41) is 4.98. The minimum Gasteiger partial charge on any atom is -0.243 e. The first-order valence-corrected chi connectivity index (χ1v) is 17.0. The second-order valence-electron chi connectivity index (χ2n) is 11.6. The molecule has 5 aromatic rings. The number of nitrogens with zero attached hydrogens (tertiary/aromatic N) is 2. The number of hydrogen-bond acceptors (Lipinski definition) is 2. The zero-order valence-electron chi connectivity index (χ0n) is 24.5. The SMILES string of the molecule is CCCCC(CC)Cc1ccc2c3ccc(CC(CC)CCCC)cc3c3nc4c(Br)ccc(Br)c4nc3c2c1. The van der Waals surface area contributed by atoms with Crippen LogP contribution in [0.5, 0.6) is 0 Å². The molecule has 4 heteroatoms.